The Kier molecular flexibility index (Phi) is 5.53. The van der Waals surface area contributed by atoms with Crippen molar-refractivity contribution in [1.29, 1.82) is 0 Å². The molecule has 0 aliphatic carbocycles. The molecule has 21 heavy (non-hydrogen) atoms. The van der Waals surface area contributed by atoms with Crippen molar-refractivity contribution < 1.29 is 14.7 Å². The van der Waals surface area contributed by atoms with Crippen LogP contribution in [0.1, 0.15) is 46.2 Å². The van der Waals surface area contributed by atoms with Crippen LogP contribution in [-0.4, -0.2) is 28.4 Å². The van der Waals surface area contributed by atoms with Crippen molar-refractivity contribution in [1.82, 2.24) is 4.90 Å². The molecular formula is C17H25NO3. The number of carboxylic acid groups (broad SMARTS) is 1. The van der Waals surface area contributed by atoms with Gasteiger partial charge in [0.2, 0.25) is 5.91 Å². The Balaban J connectivity index is 3.07. The maximum atomic E-state index is 12.7. The van der Waals surface area contributed by atoms with Crippen LogP contribution in [-0.2, 0) is 9.59 Å². The Bertz CT molecular complexity index is 491. The fourth-order valence-electron chi connectivity index (χ4n) is 2.13. The highest BCUT2D eigenvalue weighted by molar-refractivity contribution is 5.82. The number of carbonyl (C=O) groups is 2. The van der Waals surface area contributed by atoms with Gasteiger partial charge in [-0.25, -0.2) is 0 Å². The first-order chi connectivity index (χ1) is 9.64. The van der Waals surface area contributed by atoms with Gasteiger partial charge in [-0.2, -0.15) is 0 Å². The molecule has 0 aromatic heterocycles. The van der Waals surface area contributed by atoms with Crippen molar-refractivity contribution >= 4 is 11.9 Å². The van der Waals surface area contributed by atoms with Crippen LogP contribution < -0.4 is 0 Å². The van der Waals surface area contributed by atoms with Crippen molar-refractivity contribution in [3.8, 4) is 0 Å². The molecule has 0 heterocycles. The highest BCUT2D eigenvalue weighted by Crippen LogP contribution is 2.27. The molecule has 0 saturated heterocycles. The third-order valence-electron chi connectivity index (χ3n) is 3.54. The number of rotatable bonds is 5. The van der Waals surface area contributed by atoms with E-state index in [4.69, 9.17) is 5.11 Å². The van der Waals surface area contributed by atoms with E-state index in [-0.39, 0.29) is 18.5 Å². The summed E-state index contributed by atoms with van der Waals surface area (Å²) in [6, 6.07) is 9.53. The second-order valence-electron chi connectivity index (χ2n) is 6.53. The highest BCUT2D eigenvalue weighted by atomic mass is 16.4. The third-order valence-corrected chi connectivity index (χ3v) is 3.54. The monoisotopic (exact) mass is 291 g/mol. The van der Waals surface area contributed by atoms with Gasteiger partial charge in [-0.15, -0.1) is 0 Å². The second-order valence-corrected chi connectivity index (χ2v) is 6.53. The lowest BCUT2D eigenvalue weighted by atomic mass is 9.92. The number of nitrogens with zero attached hydrogens (tertiary/aromatic N) is 1. The molecule has 1 rings (SSSR count). The predicted molar refractivity (Wildman–Crippen MR) is 82.8 cm³/mol. The van der Waals surface area contributed by atoms with E-state index in [9.17, 15) is 9.59 Å². The second kappa shape index (κ2) is 6.74. The Labute approximate surface area is 126 Å². The molecule has 4 nitrogen and oxygen atoms in total. The van der Waals surface area contributed by atoms with Gasteiger partial charge in [0.1, 0.15) is 0 Å². The van der Waals surface area contributed by atoms with Crippen LogP contribution in [0.4, 0.5) is 0 Å². The van der Waals surface area contributed by atoms with Gasteiger partial charge < -0.3 is 10.0 Å². The molecule has 4 heteroatoms. The number of hydrogen-bond donors (Lipinski definition) is 1. The lowest BCUT2D eigenvalue weighted by molar-refractivity contribution is -0.147. The highest BCUT2D eigenvalue weighted by Gasteiger charge is 2.32. The van der Waals surface area contributed by atoms with E-state index < -0.39 is 17.3 Å². The average molecular weight is 291 g/mol. The lowest BCUT2D eigenvalue weighted by Crippen LogP contribution is -2.44. The fraction of sp³-hybridized carbons (Fsp3) is 0.529. The first-order valence-electron chi connectivity index (χ1n) is 7.23. The number of hydrogen-bond acceptors (Lipinski definition) is 2. The van der Waals surface area contributed by atoms with Crippen LogP contribution in [0.5, 0.6) is 0 Å². The Morgan fingerprint density at radius 2 is 1.67 bits per heavy atom. The van der Waals surface area contributed by atoms with Gasteiger partial charge in [-0.3, -0.25) is 9.59 Å². The molecule has 116 valence electrons. The Morgan fingerprint density at radius 1 is 1.14 bits per heavy atom. The standard InChI is InChI=1S/C17H25NO3/c1-12(15(19)20)11-18(16(21)17(3,4)5)13(2)14-9-7-6-8-10-14/h6-10,12-13H,11H2,1-5H3,(H,19,20). The summed E-state index contributed by atoms with van der Waals surface area (Å²) >= 11 is 0. The van der Waals surface area contributed by atoms with Gasteiger partial charge in [0.15, 0.2) is 0 Å². The van der Waals surface area contributed by atoms with E-state index in [1.165, 1.54) is 0 Å². The molecule has 0 fully saturated rings. The topological polar surface area (TPSA) is 57.6 Å². The van der Waals surface area contributed by atoms with Gasteiger partial charge in [0, 0.05) is 12.0 Å². The zero-order valence-electron chi connectivity index (χ0n) is 13.5. The molecule has 0 saturated carbocycles. The van der Waals surface area contributed by atoms with E-state index in [2.05, 4.69) is 0 Å². The maximum Gasteiger partial charge on any atom is 0.308 e. The van der Waals surface area contributed by atoms with Crippen molar-refractivity contribution in [3.63, 3.8) is 0 Å². The predicted octanol–water partition coefficient (Wildman–Crippen LogP) is 3.34. The van der Waals surface area contributed by atoms with Crippen molar-refractivity contribution in [2.24, 2.45) is 11.3 Å². The van der Waals surface area contributed by atoms with E-state index in [0.717, 1.165) is 5.56 Å². The SMILES string of the molecule is CC(CN(C(=O)C(C)(C)C)C(C)c1ccccc1)C(=O)O. The van der Waals surface area contributed by atoms with Crippen molar-refractivity contribution in [2.45, 2.75) is 40.7 Å². The zero-order valence-corrected chi connectivity index (χ0v) is 13.5. The smallest absolute Gasteiger partial charge is 0.308 e. The van der Waals surface area contributed by atoms with Gasteiger partial charge in [-0.05, 0) is 12.5 Å². The van der Waals surface area contributed by atoms with Crippen molar-refractivity contribution in [3.05, 3.63) is 35.9 Å². The Morgan fingerprint density at radius 3 is 2.10 bits per heavy atom. The largest absolute Gasteiger partial charge is 0.481 e. The molecular weight excluding hydrogens is 266 g/mol. The maximum absolute atomic E-state index is 12.7. The molecule has 0 bridgehead atoms. The Hall–Kier alpha value is -1.84. The normalized spacial score (nSPS) is 14.3. The van der Waals surface area contributed by atoms with Crippen molar-refractivity contribution in [2.75, 3.05) is 6.54 Å². The minimum atomic E-state index is -0.887. The number of amides is 1. The quantitative estimate of drug-likeness (QED) is 0.905. The molecule has 0 radical (unpaired) electrons. The molecule has 0 aliphatic rings. The van der Waals surface area contributed by atoms with E-state index in [0.29, 0.717) is 0 Å². The molecule has 0 aliphatic heterocycles. The van der Waals surface area contributed by atoms with Crippen LogP contribution in [0.25, 0.3) is 0 Å². The van der Waals surface area contributed by atoms with Gasteiger partial charge in [0.25, 0.3) is 0 Å². The fourth-order valence-corrected chi connectivity index (χ4v) is 2.13. The lowest BCUT2D eigenvalue weighted by Gasteiger charge is -2.35. The molecule has 2 unspecified atom stereocenters. The van der Waals surface area contributed by atoms with Crippen LogP contribution in [0.2, 0.25) is 0 Å². The first kappa shape index (κ1) is 17.2. The minimum Gasteiger partial charge on any atom is -0.481 e. The van der Waals surface area contributed by atoms with E-state index >= 15 is 0 Å². The molecule has 2 atom stereocenters. The molecule has 1 aromatic carbocycles. The average Bonchev–Trinajstić information content (AvgIpc) is 2.42. The van der Waals surface area contributed by atoms with E-state index in [1.807, 2.05) is 58.0 Å². The molecule has 0 spiro atoms. The summed E-state index contributed by atoms with van der Waals surface area (Å²) in [5.74, 6) is -1.52. The van der Waals surface area contributed by atoms with Crippen LogP contribution in [0.15, 0.2) is 30.3 Å². The van der Waals surface area contributed by atoms with Gasteiger partial charge in [0.05, 0.1) is 12.0 Å². The van der Waals surface area contributed by atoms with Gasteiger partial charge >= 0.3 is 5.97 Å². The molecule has 1 aromatic rings. The summed E-state index contributed by atoms with van der Waals surface area (Å²) in [6.45, 7) is 9.33. The van der Waals surface area contributed by atoms with E-state index in [1.54, 1.807) is 11.8 Å². The third kappa shape index (κ3) is 4.59. The molecule has 1 N–H and O–H groups in total. The summed E-state index contributed by atoms with van der Waals surface area (Å²) < 4.78 is 0. The summed E-state index contributed by atoms with van der Waals surface area (Å²) in [5.41, 5.74) is 0.467. The minimum absolute atomic E-state index is 0.0352. The number of carboxylic acids is 1. The number of benzene rings is 1. The van der Waals surface area contributed by atoms with Crippen LogP contribution in [0, 0.1) is 11.3 Å². The number of carbonyl (C=O) groups excluding carboxylic acids is 1. The number of aliphatic carboxylic acids is 1. The zero-order chi connectivity index (χ0) is 16.2. The van der Waals surface area contributed by atoms with Crippen LogP contribution in [0.3, 0.4) is 0 Å². The molecule has 1 amide bonds. The summed E-state index contributed by atoms with van der Waals surface area (Å²) in [6.07, 6.45) is 0. The van der Waals surface area contributed by atoms with Gasteiger partial charge in [-0.1, -0.05) is 58.0 Å². The van der Waals surface area contributed by atoms with Crippen LogP contribution >= 0.6 is 0 Å². The summed E-state index contributed by atoms with van der Waals surface area (Å²) in [4.78, 5) is 25.5. The first-order valence-corrected chi connectivity index (χ1v) is 7.23. The summed E-state index contributed by atoms with van der Waals surface area (Å²) in [5, 5.41) is 9.13. The summed E-state index contributed by atoms with van der Waals surface area (Å²) in [7, 11) is 0.